The molecule has 3 fully saturated rings. The molecule has 3 saturated carbocycles. The average molecular weight is 427 g/mol. The molecule has 0 aromatic heterocycles. The minimum atomic E-state index is -0.956. The van der Waals surface area contributed by atoms with Gasteiger partial charge in [0.25, 0.3) is 0 Å². The summed E-state index contributed by atoms with van der Waals surface area (Å²) in [7, 11) is 0. The molecule has 4 heteroatoms. The highest BCUT2D eigenvalue weighted by atomic mass is 16.4. The van der Waals surface area contributed by atoms with Gasteiger partial charge in [-0.3, -0.25) is 4.79 Å². The average Bonchev–Trinajstić information content (AvgIpc) is 3.05. The highest BCUT2D eigenvalue weighted by Crippen LogP contribution is 2.71. The smallest absolute Gasteiger partial charge is 0.335 e. The number of hydrogen-bond donors (Lipinski definition) is 2. The summed E-state index contributed by atoms with van der Waals surface area (Å²) in [6.07, 6.45) is 7.38. The Balaban J connectivity index is 1.71. The number of aromatic hydroxyl groups is 1. The first kappa shape index (κ1) is 22.4. The molecular formula is C27H38O4. The maximum absolute atomic E-state index is 12.4. The fraction of sp³-hybridized carbons (Fsp3) is 0.704. The lowest BCUT2D eigenvalue weighted by atomic mass is 9.40. The van der Waals surface area contributed by atoms with Crippen LogP contribution in [0.4, 0.5) is 0 Å². The van der Waals surface area contributed by atoms with Crippen LogP contribution in [0.2, 0.25) is 0 Å². The van der Waals surface area contributed by atoms with Crippen molar-refractivity contribution in [2.24, 2.45) is 39.9 Å². The molecule has 3 aliphatic carbocycles. The largest absolute Gasteiger partial charge is 0.508 e. The summed E-state index contributed by atoms with van der Waals surface area (Å²) in [6, 6.07) is 4.67. The second-order valence-electron chi connectivity index (χ2n) is 11.7. The standard InChI is InChI=1S/C27H38O4/c1-16-10-12-26(4)22-9-7-20(17(2)28)25(22,3)13-11-23(26)27(16,5)15-19-14-18(24(30)31)6-8-21(19)29/h6,8,14,16,20,22-23,29H,7,9-13,15H2,1-5H3,(H,30,31)/t16-,20+,22?,23?,25+,26-,27-/m1/s1. The van der Waals surface area contributed by atoms with Crippen molar-refractivity contribution in [3.63, 3.8) is 0 Å². The Morgan fingerprint density at radius 2 is 1.68 bits per heavy atom. The van der Waals surface area contributed by atoms with Crippen LogP contribution in [0.1, 0.15) is 89.1 Å². The van der Waals surface area contributed by atoms with E-state index in [1.54, 1.807) is 13.0 Å². The van der Waals surface area contributed by atoms with Crippen molar-refractivity contribution in [3.8, 4) is 5.75 Å². The zero-order valence-corrected chi connectivity index (χ0v) is 19.7. The highest BCUT2D eigenvalue weighted by Gasteiger charge is 2.64. The Hall–Kier alpha value is -1.84. The summed E-state index contributed by atoms with van der Waals surface area (Å²) < 4.78 is 0. The molecule has 0 amide bonds. The van der Waals surface area contributed by atoms with Crippen LogP contribution in [0, 0.1) is 39.9 Å². The van der Waals surface area contributed by atoms with Crippen molar-refractivity contribution in [3.05, 3.63) is 29.3 Å². The summed E-state index contributed by atoms with van der Waals surface area (Å²) in [5.41, 5.74) is 1.25. The molecule has 0 saturated heterocycles. The zero-order valence-electron chi connectivity index (χ0n) is 19.7. The molecule has 1 aromatic rings. The molecule has 0 radical (unpaired) electrons. The number of fused-ring (bicyclic) bond motifs is 3. The quantitative estimate of drug-likeness (QED) is 0.609. The van der Waals surface area contributed by atoms with E-state index in [-0.39, 0.29) is 33.5 Å². The van der Waals surface area contributed by atoms with Gasteiger partial charge in [0.2, 0.25) is 0 Å². The minimum absolute atomic E-state index is 0.0166. The first-order valence-electron chi connectivity index (χ1n) is 12.0. The molecule has 170 valence electrons. The molecule has 31 heavy (non-hydrogen) atoms. The second kappa shape index (κ2) is 7.35. The van der Waals surface area contributed by atoms with E-state index in [0.29, 0.717) is 30.0 Å². The number of ketones is 1. The predicted molar refractivity (Wildman–Crippen MR) is 121 cm³/mol. The first-order chi connectivity index (χ1) is 14.4. The SMILES string of the molecule is CC(=O)[C@@H]1CCC2[C@@]3(C)CC[C@@H](C)[C@@](C)(Cc4cc(C(=O)O)ccc4O)C3CC[C@]21C. The molecule has 7 atom stereocenters. The number of phenols is 1. The zero-order chi connectivity index (χ0) is 22.8. The molecule has 4 nitrogen and oxygen atoms in total. The Labute approximate surface area is 186 Å². The van der Waals surface area contributed by atoms with E-state index < -0.39 is 5.97 Å². The number of carbonyl (C=O) groups is 2. The number of carbonyl (C=O) groups excluding carboxylic acids is 1. The van der Waals surface area contributed by atoms with Gasteiger partial charge in [-0.15, -0.1) is 0 Å². The van der Waals surface area contributed by atoms with Gasteiger partial charge in [0.15, 0.2) is 0 Å². The second-order valence-corrected chi connectivity index (χ2v) is 11.7. The lowest BCUT2D eigenvalue weighted by Crippen LogP contribution is -2.58. The fourth-order valence-corrected chi connectivity index (χ4v) is 8.56. The maximum Gasteiger partial charge on any atom is 0.335 e. The van der Waals surface area contributed by atoms with Crippen LogP contribution in [0.3, 0.4) is 0 Å². The molecule has 0 bridgehead atoms. The van der Waals surface area contributed by atoms with E-state index in [1.807, 2.05) is 0 Å². The van der Waals surface area contributed by atoms with E-state index >= 15 is 0 Å². The summed E-state index contributed by atoms with van der Waals surface area (Å²) in [5, 5.41) is 20.0. The van der Waals surface area contributed by atoms with Crippen LogP contribution < -0.4 is 0 Å². The number of rotatable bonds is 4. The van der Waals surface area contributed by atoms with Crippen molar-refractivity contribution >= 4 is 11.8 Å². The molecular weight excluding hydrogens is 388 g/mol. The van der Waals surface area contributed by atoms with E-state index in [0.717, 1.165) is 37.7 Å². The van der Waals surface area contributed by atoms with Crippen molar-refractivity contribution in [2.45, 2.75) is 79.6 Å². The van der Waals surface area contributed by atoms with Gasteiger partial charge in [0.1, 0.15) is 11.5 Å². The Bertz CT molecular complexity index is 906. The van der Waals surface area contributed by atoms with Gasteiger partial charge in [-0.05, 0) is 110 Å². The first-order valence-corrected chi connectivity index (χ1v) is 12.0. The van der Waals surface area contributed by atoms with E-state index in [4.69, 9.17) is 0 Å². The third kappa shape index (κ3) is 3.24. The molecule has 0 aliphatic heterocycles. The van der Waals surface area contributed by atoms with E-state index in [2.05, 4.69) is 27.7 Å². The predicted octanol–water partition coefficient (Wildman–Crippen LogP) is 6.11. The van der Waals surface area contributed by atoms with E-state index in [1.165, 1.54) is 18.6 Å². The molecule has 1 aromatic carbocycles. The number of benzene rings is 1. The third-order valence-electron chi connectivity index (χ3n) is 10.3. The van der Waals surface area contributed by atoms with E-state index in [9.17, 15) is 19.8 Å². The number of Topliss-reactive ketones (excluding diaryl/α,β-unsaturated/α-hetero) is 1. The number of phenolic OH excluding ortho intramolecular Hbond substituents is 1. The van der Waals surface area contributed by atoms with Crippen molar-refractivity contribution < 1.29 is 19.8 Å². The Kier molecular flexibility index (Phi) is 5.30. The lowest BCUT2D eigenvalue weighted by Gasteiger charge is -2.64. The number of carboxylic acid groups (broad SMARTS) is 1. The van der Waals surface area contributed by atoms with Crippen LogP contribution in [-0.4, -0.2) is 22.0 Å². The van der Waals surface area contributed by atoms with Crippen LogP contribution in [0.5, 0.6) is 5.75 Å². The molecule has 0 spiro atoms. The van der Waals surface area contributed by atoms with Crippen molar-refractivity contribution in [2.75, 3.05) is 0 Å². The summed E-state index contributed by atoms with van der Waals surface area (Å²) in [5.74, 6) is 1.34. The molecule has 4 rings (SSSR count). The van der Waals surface area contributed by atoms with Crippen molar-refractivity contribution in [1.29, 1.82) is 0 Å². The topological polar surface area (TPSA) is 74.6 Å². The van der Waals surface area contributed by atoms with Crippen LogP contribution >= 0.6 is 0 Å². The summed E-state index contributed by atoms with van der Waals surface area (Å²) in [4.78, 5) is 24.0. The fourth-order valence-electron chi connectivity index (χ4n) is 8.56. The van der Waals surface area contributed by atoms with Gasteiger partial charge in [0, 0.05) is 5.92 Å². The van der Waals surface area contributed by atoms with Gasteiger partial charge in [-0.2, -0.15) is 0 Å². The molecule has 2 unspecified atom stereocenters. The van der Waals surface area contributed by atoms with Gasteiger partial charge in [0.05, 0.1) is 5.56 Å². The van der Waals surface area contributed by atoms with Gasteiger partial charge in [-0.1, -0.05) is 27.7 Å². The molecule has 3 aliphatic rings. The molecule has 2 N–H and O–H groups in total. The summed E-state index contributed by atoms with van der Waals surface area (Å²) in [6.45, 7) is 11.3. The lowest BCUT2D eigenvalue weighted by molar-refractivity contribution is -0.155. The van der Waals surface area contributed by atoms with Crippen LogP contribution in [0.15, 0.2) is 18.2 Å². The maximum atomic E-state index is 12.4. The number of carboxylic acids is 1. The van der Waals surface area contributed by atoms with Gasteiger partial charge in [-0.25, -0.2) is 4.79 Å². The van der Waals surface area contributed by atoms with Gasteiger partial charge >= 0.3 is 5.97 Å². The summed E-state index contributed by atoms with van der Waals surface area (Å²) >= 11 is 0. The normalized spacial score (nSPS) is 42.0. The number of aromatic carboxylic acids is 1. The van der Waals surface area contributed by atoms with Gasteiger partial charge < -0.3 is 10.2 Å². The van der Waals surface area contributed by atoms with Crippen LogP contribution in [-0.2, 0) is 11.2 Å². The number of hydrogen-bond acceptors (Lipinski definition) is 3. The minimum Gasteiger partial charge on any atom is -0.508 e. The Morgan fingerprint density at radius 3 is 2.32 bits per heavy atom. The Morgan fingerprint density at radius 1 is 1.00 bits per heavy atom. The monoisotopic (exact) mass is 426 g/mol. The molecule has 0 heterocycles. The van der Waals surface area contributed by atoms with Crippen LogP contribution in [0.25, 0.3) is 0 Å². The highest BCUT2D eigenvalue weighted by molar-refractivity contribution is 5.88. The van der Waals surface area contributed by atoms with Crippen molar-refractivity contribution in [1.82, 2.24) is 0 Å². The third-order valence-corrected chi connectivity index (χ3v) is 10.3.